The van der Waals surface area contributed by atoms with E-state index in [-0.39, 0.29) is 19.1 Å². The molecule has 0 aliphatic heterocycles. The maximum absolute atomic E-state index is 12.5. The van der Waals surface area contributed by atoms with Crippen LogP contribution in [-0.4, -0.2) is 37.4 Å². The molecule has 0 atom stereocenters. The van der Waals surface area contributed by atoms with E-state index in [2.05, 4.69) is 19.2 Å². The highest BCUT2D eigenvalue weighted by molar-refractivity contribution is 5.95. The monoisotopic (exact) mass is 533 g/mol. The predicted molar refractivity (Wildman–Crippen MR) is 161 cm³/mol. The van der Waals surface area contributed by atoms with Gasteiger partial charge in [-0.1, -0.05) is 129 Å². The Labute approximate surface area is 234 Å². The van der Waals surface area contributed by atoms with Gasteiger partial charge < -0.3 is 19.9 Å². The first-order chi connectivity index (χ1) is 18.7. The largest absolute Gasteiger partial charge is 0.493 e. The number of unbranched alkanes of at least 4 members (excludes halogenated alkanes) is 18. The molecule has 0 saturated heterocycles. The second kappa shape index (κ2) is 25.5. The van der Waals surface area contributed by atoms with Crippen LogP contribution in [0.1, 0.15) is 153 Å². The number of carbonyl (C=O) groups excluding carboxylic acids is 1. The van der Waals surface area contributed by atoms with Crippen LogP contribution in [-0.2, 0) is 0 Å². The van der Waals surface area contributed by atoms with Gasteiger partial charge in [0.2, 0.25) is 0 Å². The van der Waals surface area contributed by atoms with Crippen LogP contribution in [0.5, 0.6) is 11.5 Å². The number of hydrogen-bond donors (Lipinski definition) is 2. The lowest BCUT2D eigenvalue weighted by molar-refractivity contribution is 0.0943. The summed E-state index contributed by atoms with van der Waals surface area (Å²) in [7, 11) is 0. The minimum absolute atomic E-state index is 0.0806. The topological polar surface area (TPSA) is 67.8 Å². The molecular weight excluding hydrogens is 474 g/mol. The first kappa shape index (κ1) is 34.3. The SMILES string of the molecule is CCCCCCCCCCCCOc1cc(OCCCCCCCCCCCC)cc(C(=O)NCCO)c1. The Hall–Kier alpha value is -1.75. The van der Waals surface area contributed by atoms with Crippen molar-refractivity contribution in [3.8, 4) is 11.5 Å². The minimum atomic E-state index is -0.216. The van der Waals surface area contributed by atoms with Crippen LogP contribution in [0.25, 0.3) is 0 Å². The van der Waals surface area contributed by atoms with E-state index in [1.165, 1.54) is 116 Å². The van der Waals surface area contributed by atoms with Gasteiger partial charge in [0, 0.05) is 18.2 Å². The molecule has 5 nitrogen and oxygen atoms in total. The third-order valence-corrected chi connectivity index (χ3v) is 7.07. The molecule has 1 rings (SSSR count). The fourth-order valence-electron chi connectivity index (χ4n) is 4.70. The van der Waals surface area contributed by atoms with Crippen LogP contribution in [0.2, 0.25) is 0 Å². The molecule has 0 fully saturated rings. The van der Waals surface area contributed by atoms with E-state index in [0.717, 1.165) is 12.8 Å². The zero-order chi connectivity index (χ0) is 27.5. The number of amides is 1. The van der Waals surface area contributed by atoms with E-state index >= 15 is 0 Å². The van der Waals surface area contributed by atoms with E-state index in [0.29, 0.717) is 30.3 Å². The molecule has 0 aromatic heterocycles. The van der Waals surface area contributed by atoms with Gasteiger partial charge in [-0.05, 0) is 25.0 Å². The Kier molecular flexibility index (Phi) is 23.0. The summed E-state index contributed by atoms with van der Waals surface area (Å²) < 4.78 is 12.0. The third kappa shape index (κ3) is 19.3. The normalized spacial score (nSPS) is 11.0. The molecule has 0 aliphatic carbocycles. The highest BCUT2D eigenvalue weighted by atomic mass is 16.5. The van der Waals surface area contributed by atoms with E-state index in [1.807, 2.05) is 6.07 Å². The highest BCUT2D eigenvalue weighted by Gasteiger charge is 2.10. The minimum Gasteiger partial charge on any atom is -0.493 e. The smallest absolute Gasteiger partial charge is 0.251 e. The standard InChI is InChI=1S/C33H59NO4/c1-3-5-7-9-11-13-15-17-19-21-25-37-31-27-30(33(36)34-23-24-35)28-32(29-31)38-26-22-20-18-16-14-12-10-8-6-4-2/h27-29,35H,3-26H2,1-2H3,(H,34,36). The van der Waals surface area contributed by atoms with Gasteiger partial charge in [-0.25, -0.2) is 0 Å². The number of carbonyl (C=O) groups is 1. The number of nitrogens with one attached hydrogen (secondary N) is 1. The van der Waals surface area contributed by atoms with Gasteiger partial charge in [0.1, 0.15) is 11.5 Å². The summed E-state index contributed by atoms with van der Waals surface area (Å²) in [5, 5.41) is 11.8. The summed E-state index contributed by atoms with van der Waals surface area (Å²) in [4.78, 5) is 12.5. The summed E-state index contributed by atoms with van der Waals surface area (Å²) in [5.74, 6) is 1.14. The number of rotatable bonds is 27. The first-order valence-electron chi connectivity index (χ1n) is 16.0. The predicted octanol–water partition coefficient (Wildman–Crippen LogP) is 9.01. The van der Waals surface area contributed by atoms with Gasteiger partial charge in [-0.3, -0.25) is 4.79 Å². The van der Waals surface area contributed by atoms with Crippen molar-refractivity contribution in [1.29, 1.82) is 0 Å². The van der Waals surface area contributed by atoms with Gasteiger partial charge in [-0.15, -0.1) is 0 Å². The molecule has 1 amide bonds. The van der Waals surface area contributed by atoms with Crippen LogP contribution in [0.4, 0.5) is 0 Å². The lowest BCUT2D eigenvalue weighted by atomic mass is 10.1. The Balaban J connectivity index is 2.33. The van der Waals surface area contributed by atoms with Gasteiger partial charge in [-0.2, -0.15) is 0 Å². The molecule has 1 aromatic rings. The molecule has 0 unspecified atom stereocenters. The molecule has 38 heavy (non-hydrogen) atoms. The Bertz CT molecular complexity index is 635. The van der Waals surface area contributed by atoms with Gasteiger partial charge in [0.05, 0.1) is 19.8 Å². The second-order valence-corrected chi connectivity index (χ2v) is 10.7. The van der Waals surface area contributed by atoms with Crippen molar-refractivity contribution in [3.05, 3.63) is 23.8 Å². The fourth-order valence-corrected chi connectivity index (χ4v) is 4.70. The number of ether oxygens (including phenoxy) is 2. The van der Waals surface area contributed by atoms with Crippen molar-refractivity contribution in [1.82, 2.24) is 5.32 Å². The molecule has 0 radical (unpaired) electrons. The number of hydrogen-bond acceptors (Lipinski definition) is 4. The second-order valence-electron chi connectivity index (χ2n) is 10.7. The van der Waals surface area contributed by atoms with E-state index in [9.17, 15) is 4.79 Å². The maximum atomic E-state index is 12.5. The van der Waals surface area contributed by atoms with E-state index in [4.69, 9.17) is 14.6 Å². The zero-order valence-corrected chi connectivity index (χ0v) is 24.9. The van der Waals surface area contributed by atoms with Crippen molar-refractivity contribution in [2.75, 3.05) is 26.4 Å². The van der Waals surface area contributed by atoms with Crippen LogP contribution < -0.4 is 14.8 Å². The fraction of sp³-hybridized carbons (Fsp3) is 0.788. The lowest BCUT2D eigenvalue weighted by Crippen LogP contribution is -2.26. The van der Waals surface area contributed by atoms with Gasteiger partial charge >= 0.3 is 0 Å². The zero-order valence-electron chi connectivity index (χ0n) is 24.9. The molecule has 0 spiro atoms. The molecule has 1 aromatic carbocycles. The molecule has 0 aliphatic rings. The first-order valence-corrected chi connectivity index (χ1v) is 16.0. The van der Waals surface area contributed by atoms with Crippen molar-refractivity contribution in [2.24, 2.45) is 0 Å². The summed E-state index contributed by atoms with van der Waals surface area (Å²) >= 11 is 0. The van der Waals surface area contributed by atoms with Crippen molar-refractivity contribution >= 4 is 5.91 Å². The van der Waals surface area contributed by atoms with Crippen molar-refractivity contribution in [3.63, 3.8) is 0 Å². The molecule has 0 bridgehead atoms. The molecule has 5 heteroatoms. The van der Waals surface area contributed by atoms with Gasteiger partial charge in [0.15, 0.2) is 0 Å². The Morgan fingerprint density at radius 3 is 1.34 bits per heavy atom. The maximum Gasteiger partial charge on any atom is 0.251 e. The third-order valence-electron chi connectivity index (χ3n) is 7.07. The van der Waals surface area contributed by atoms with E-state index < -0.39 is 0 Å². The van der Waals surface area contributed by atoms with Crippen LogP contribution in [0.3, 0.4) is 0 Å². The Morgan fingerprint density at radius 2 is 0.974 bits per heavy atom. The lowest BCUT2D eigenvalue weighted by Gasteiger charge is -2.13. The summed E-state index contributed by atoms with van der Waals surface area (Å²) in [6, 6.07) is 5.45. The summed E-state index contributed by atoms with van der Waals surface area (Å²) in [6.45, 7) is 5.97. The molecular formula is C33H59NO4. The number of benzene rings is 1. The highest BCUT2D eigenvalue weighted by Crippen LogP contribution is 2.24. The molecule has 0 heterocycles. The number of aliphatic hydroxyl groups is 1. The summed E-state index contributed by atoms with van der Waals surface area (Å²) in [5.41, 5.74) is 0.511. The van der Waals surface area contributed by atoms with Crippen LogP contribution >= 0.6 is 0 Å². The van der Waals surface area contributed by atoms with E-state index in [1.54, 1.807) is 12.1 Å². The van der Waals surface area contributed by atoms with Crippen LogP contribution in [0.15, 0.2) is 18.2 Å². The number of aliphatic hydroxyl groups excluding tert-OH is 1. The average Bonchev–Trinajstić information content (AvgIpc) is 2.93. The molecule has 0 saturated carbocycles. The van der Waals surface area contributed by atoms with Crippen molar-refractivity contribution < 1.29 is 19.4 Å². The quantitative estimate of drug-likeness (QED) is 0.111. The van der Waals surface area contributed by atoms with Crippen molar-refractivity contribution in [2.45, 2.75) is 142 Å². The summed E-state index contributed by atoms with van der Waals surface area (Å²) in [6.07, 6.45) is 25.8. The molecule has 220 valence electrons. The van der Waals surface area contributed by atoms with Crippen LogP contribution in [0, 0.1) is 0 Å². The van der Waals surface area contributed by atoms with Gasteiger partial charge in [0.25, 0.3) is 5.91 Å². The molecule has 2 N–H and O–H groups in total. The average molecular weight is 534 g/mol. The Morgan fingerprint density at radius 1 is 0.605 bits per heavy atom.